The first-order valence-electron chi connectivity index (χ1n) is 12.9. The lowest BCUT2D eigenvalue weighted by Gasteiger charge is -2.17. The van der Waals surface area contributed by atoms with Gasteiger partial charge in [0.05, 0.1) is 18.3 Å². The lowest BCUT2D eigenvalue weighted by molar-refractivity contribution is -0.139. The molecule has 3 heterocycles. The smallest absolute Gasteiger partial charge is 0.326 e. The summed E-state index contributed by atoms with van der Waals surface area (Å²) in [5.74, 6) is 0.195. The van der Waals surface area contributed by atoms with Gasteiger partial charge in [-0.15, -0.1) is 0 Å². The summed E-state index contributed by atoms with van der Waals surface area (Å²) in [7, 11) is 1.79. The number of hydrogen-bond acceptors (Lipinski definition) is 6. The van der Waals surface area contributed by atoms with Crippen molar-refractivity contribution in [1.29, 1.82) is 0 Å². The number of amides is 1. The van der Waals surface area contributed by atoms with Crippen molar-refractivity contribution >= 4 is 42.1 Å². The molecular weight excluding hydrogens is 514 g/mol. The van der Waals surface area contributed by atoms with Crippen molar-refractivity contribution in [2.45, 2.75) is 38.1 Å². The summed E-state index contributed by atoms with van der Waals surface area (Å²) in [6.45, 7) is 1.53. The van der Waals surface area contributed by atoms with Crippen LogP contribution < -0.4 is 15.4 Å². The van der Waals surface area contributed by atoms with E-state index in [-0.39, 0.29) is 19.9 Å². The minimum absolute atomic E-state index is 0. The SMILES string of the molecule is Cn1ncc2ccc(C(=O)N[C@@H](Cc3ccc(OCCCc4ccc5c(n4)NCCC5)cc3)C(=O)O)cc21.S. The predicted octanol–water partition coefficient (Wildman–Crippen LogP) is 3.88. The van der Waals surface area contributed by atoms with Gasteiger partial charge < -0.3 is 20.5 Å². The second kappa shape index (κ2) is 12.7. The van der Waals surface area contributed by atoms with Gasteiger partial charge >= 0.3 is 5.97 Å². The number of carbonyl (C=O) groups is 2. The van der Waals surface area contributed by atoms with Crippen molar-refractivity contribution in [3.8, 4) is 5.75 Å². The largest absolute Gasteiger partial charge is 0.494 e. The van der Waals surface area contributed by atoms with Gasteiger partial charge in [-0.25, -0.2) is 9.78 Å². The molecule has 0 unspecified atom stereocenters. The number of carboxylic acids is 1. The maximum atomic E-state index is 12.8. The van der Waals surface area contributed by atoms with E-state index in [2.05, 4.69) is 27.9 Å². The normalized spacial score (nSPS) is 13.1. The number of aromatic nitrogens is 3. The van der Waals surface area contributed by atoms with Crippen molar-refractivity contribution in [2.75, 3.05) is 18.5 Å². The summed E-state index contributed by atoms with van der Waals surface area (Å²) in [6.07, 6.45) is 5.78. The van der Waals surface area contributed by atoms with Gasteiger partial charge in [0.15, 0.2) is 0 Å². The highest BCUT2D eigenvalue weighted by molar-refractivity contribution is 7.59. The van der Waals surface area contributed by atoms with Crippen LogP contribution in [0.25, 0.3) is 10.9 Å². The first kappa shape index (κ1) is 28.0. The number of pyridine rings is 1. The van der Waals surface area contributed by atoms with Gasteiger partial charge in [-0.2, -0.15) is 18.6 Å². The average molecular weight is 548 g/mol. The van der Waals surface area contributed by atoms with Crippen molar-refractivity contribution in [3.63, 3.8) is 0 Å². The summed E-state index contributed by atoms with van der Waals surface area (Å²) in [6, 6.07) is 15.7. The van der Waals surface area contributed by atoms with Gasteiger partial charge in [-0.1, -0.05) is 24.3 Å². The Morgan fingerprint density at radius 1 is 1.15 bits per heavy atom. The van der Waals surface area contributed by atoms with Gasteiger partial charge in [0.1, 0.15) is 17.6 Å². The Morgan fingerprint density at radius 2 is 1.97 bits per heavy atom. The van der Waals surface area contributed by atoms with Gasteiger partial charge in [0.2, 0.25) is 0 Å². The second-order valence-electron chi connectivity index (χ2n) is 9.55. The van der Waals surface area contributed by atoms with Crippen LogP contribution in [0.4, 0.5) is 5.82 Å². The average Bonchev–Trinajstić information content (AvgIpc) is 3.31. The quantitative estimate of drug-likeness (QED) is 0.258. The van der Waals surface area contributed by atoms with Gasteiger partial charge in [-0.3, -0.25) is 9.48 Å². The van der Waals surface area contributed by atoms with Crippen LogP contribution in [0, 0.1) is 0 Å². The van der Waals surface area contributed by atoms with E-state index in [1.807, 2.05) is 24.3 Å². The Labute approximate surface area is 234 Å². The van der Waals surface area contributed by atoms with Gasteiger partial charge in [0.25, 0.3) is 5.91 Å². The molecule has 0 saturated heterocycles. The zero-order valence-electron chi connectivity index (χ0n) is 21.8. The number of fused-ring (bicyclic) bond motifs is 2. The molecule has 0 bridgehead atoms. The Morgan fingerprint density at radius 3 is 2.77 bits per heavy atom. The van der Waals surface area contributed by atoms with Gasteiger partial charge in [-0.05, 0) is 67.1 Å². The Bertz CT molecular complexity index is 1450. The van der Waals surface area contributed by atoms with E-state index in [0.717, 1.165) is 60.2 Å². The van der Waals surface area contributed by atoms with E-state index in [0.29, 0.717) is 17.9 Å². The second-order valence-corrected chi connectivity index (χ2v) is 9.55. The number of aliphatic carboxylic acids is 1. The molecule has 9 nitrogen and oxygen atoms in total. The molecule has 0 fully saturated rings. The van der Waals surface area contributed by atoms with Gasteiger partial charge in [0, 0.05) is 36.7 Å². The fourth-order valence-corrected chi connectivity index (χ4v) is 4.64. The Kier molecular flexibility index (Phi) is 9.08. The minimum Gasteiger partial charge on any atom is -0.494 e. The van der Waals surface area contributed by atoms with E-state index in [9.17, 15) is 14.7 Å². The number of hydrogen-bond donors (Lipinski definition) is 3. The number of carboxylic acid groups (broad SMARTS) is 1. The van der Waals surface area contributed by atoms with E-state index in [4.69, 9.17) is 9.72 Å². The zero-order valence-corrected chi connectivity index (χ0v) is 22.8. The van der Waals surface area contributed by atoms with E-state index >= 15 is 0 Å². The fraction of sp³-hybridized carbons (Fsp3) is 0.310. The number of nitrogens with one attached hydrogen (secondary N) is 2. The summed E-state index contributed by atoms with van der Waals surface area (Å²) >= 11 is 0. The number of rotatable bonds is 10. The molecule has 3 N–H and O–H groups in total. The molecule has 0 aliphatic carbocycles. The summed E-state index contributed by atoms with van der Waals surface area (Å²) in [4.78, 5) is 29.4. The lowest BCUT2D eigenvalue weighted by Crippen LogP contribution is -2.42. The highest BCUT2D eigenvalue weighted by Crippen LogP contribution is 2.21. The Hall–Kier alpha value is -4.05. The number of carbonyl (C=O) groups excluding carboxylic acids is 1. The number of nitrogens with zero attached hydrogens (tertiary/aromatic N) is 3. The molecule has 1 aliphatic heterocycles. The van der Waals surface area contributed by atoms with Crippen LogP contribution in [-0.2, 0) is 31.1 Å². The lowest BCUT2D eigenvalue weighted by atomic mass is 10.0. The number of anilines is 1. The summed E-state index contributed by atoms with van der Waals surface area (Å²) in [5, 5.41) is 20.8. The molecule has 10 heteroatoms. The van der Waals surface area contributed by atoms with Crippen LogP contribution in [0.5, 0.6) is 5.75 Å². The van der Waals surface area contributed by atoms with Crippen LogP contribution in [0.3, 0.4) is 0 Å². The minimum atomic E-state index is -1.09. The van der Waals surface area contributed by atoms with Crippen molar-refractivity contribution in [3.05, 3.63) is 83.2 Å². The maximum absolute atomic E-state index is 12.8. The number of benzene rings is 2. The van der Waals surface area contributed by atoms with Crippen molar-refractivity contribution in [1.82, 2.24) is 20.1 Å². The summed E-state index contributed by atoms with van der Waals surface area (Å²) < 4.78 is 7.55. The highest BCUT2D eigenvalue weighted by Gasteiger charge is 2.21. The third-order valence-corrected chi connectivity index (χ3v) is 6.78. The van der Waals surface area contributed by atoms with Crippen LogP contribution in [0.1, 0.15) is 40.0 Å². The van der Waals surface area contributed by atoms with E-state index < -0.39 is 17.9 Å². The highest BCUT2D eigenvalue weighted by atomic mass is 32.1. The first-order valence-corrected chi connectivity index (χ1v) is 12.9. The standard InChI is InChI=1S/C29H31N5O4.H2S/c1-34-26-17-21(8-9-22(26)18-31-34)28(35)33-25(29(36)37)16-19-6-12-24(13-7-19)38-15-3-5-23-11-10-20-4-2-14-30-27(20)32-23;/h6-13,17-18,25H,2-5,14-16H2,1H3,(H,30,32)(H,33,35)(H,36,37);1H2/t25-;/m0./s1. The molecule has 1 aliphatic rings. The maximum Gasteiger partial charge on any atom is 0.326 e. The van der Waals surface area contributed by atoms with Crippen molar-refractivity contribution < 1.29 is 19.4 Å². The molecule has 0 radical (unpaired) electrons. The van der Waals surface area contributed by atoms with E-state index in [1.165, 1.54) is 5.56 Å². The van der Waals surface area contributed by atoms with Crippen LogP contribution in [0.2, 0.25) is 0 Å². The third-order valence-electron chi connectivity index (χ3n) is 6.78. The first-order chi connectivity index (χ1) is 18.5. The molecule has 39 heavy (non-hydrogen) atoms. The summed E-state index contributed by atoms with van der Waals surface area (Å²) in [5.41, 5.74) is 4.32. The topological polar surface area (TPSA) is 118 Å². The number of ether oxygens (including phenoxy) is 1. The molecule has 0 spiro atoms. The molecule has 204 valence electrons. The molecular formula is C29H33N5O4S. The van der Waals surface area contributed by atoms with Crippen molar-refractivity contribution in [2.24, 2.45) is 7.05 Å². The fourth-order valence-electron chi connectivity index (χ4n) is 4.64. The van der Waals surface area contributed by atoms with Crippen LogP contribution in [-0.4, -0.2) is 50.9 Å². The van der Waals surface area contributed by atoms with Crippen LogP contribution in [0.15, 0.2) is 60.8 Å². The molecule has 4 aromatic rings. The molecule has 1 amide bonds. The van der Waals surface area contributed by atoms with E-state index in [1.54, 1.807) is 36.1 Å². The molecule has 2 aromatic carbocycles. The monoisotopic (exact) mass is 547 g/mol. The Balaban J connectivity index is 0.00000353. The molecule has 0 saturated carbocycles. The molecule has 1 atom stereocenters. The number of aryl methyl sites for hydroxylation is 3. The third kappa shape index (κ3) is 6.88. The zero-order chi connectivity index (χ0) is 26.5. The molecule has 2 aromatic heterocycles. The predicted molar refractivity (Wildman–Crippen MR) is 155 cm³/mol. The molecule has 5 rings (SSSR count). The van der Waals surface area contributed by atoms with Crippen LogP contribution >= 0.6 is 13.5 Å².